The maximum atomic E-state index is 6.32. The molecule has 0 spiro atoms. The Morgan fingerprint density at radius 2 is 1.38 bits per heavy atom. The topological polar surface area (TPSA) is 0 Å². The smallest absolute Gasteiger partial charge is 0.114 e. The van der Waals surface area contributed by atoms with Crippen LogP contribution in [0.5, 0.6) is 0 Å². The molecule has 0 N–H and O–H groups in total. The molecule has 1 rings (SSSR count). The molecule has 0 saturated carbocycles. The van der Waals surface area contributed by atoms with E-state index in [0.717, 1.165) is 5.56 Å². The third kappa shape index (κ3) is 4.68. The van der Waals surface area contributed by atoms with Crippen molar-refractivity contribution >= 4 is 69.6 Å². The summed E-state index contributed by atoms with van der Waals surface area (Å²) in [7, 11) is 0. The quantitative estimate of drug-likeness (QED) is 0.561. The zero-order chi connectivity index (χ0) is 12.6. The molecule has 0 amide bonds. The van der Waals surface area contributed by atoms with E-state index in [1.54, 1.807) is 25.1 Å². The standard InChI is InChI=1S/C10H8Cl6/c1-9(13,5-10(14,15)16)6-2-7(11)4-8(12)3-6/h2-4H,5H2,1H3/t9-/m0/s1. The Bertz CT molecular complexity index is 359. The zero-order valence-corrected chi connectivity index (χ0v) is 12.7. The molecule has 16 heavy (non-hydrogen) atoms. The zero-order valence-electron chi connectivity index (χ0n) is 8.21. The number of halogens is 6. The van der Waals surface area contributed by atoms with Crippen LogP contribution in [0.2, 0.25) is 10.0 Å². The molecule has 0 radical (unpaired) electrons. The molecule has 1 aromatic carbocycles. The molecule has 0 nitrogen and oxygen atoms in total. The van der Waals surface area contributed by atoms with Gasteiger partial charge >= 0.3 is 0 Å². The van der Waals surface area contributed by atoms with Gasteiger partial charge in [-0.25, -0.2) is 0 Å². The van der Waals surface area contributed by atoms with Crippen molar-refractivity contribution in [3.05, 3.63) is 33.8 Å². The van der Waals surface area contributed by atoms with Crippen LogP contribution >= 0.6 is 69.6 Å². The van der Waals surface area contributed by atoms with Crippen LogP contribution in [-0.2, 0) is 4.87 Å². The van der Waals surface area contributed by atoms with Crippen LogP contribution in [0.1, 0.15) is 18.9 Å². The van der Waals surface area contributed by atoms with Crippen LogP contribution in [0.3, 0.4) is 0 Å². The molecule has 0 heterocycles. The maximum Gasteiger partial charge on any atom is 0.192 e. The van der Waals surface area contributed by atoms with Gasteiger partial charge in [-0.1, -0.05) is 58.0 Å². The van der Waals surface area contributed by atoms with Crippen molar-refractivity contribution in [1.82, 2.24) is 0 Å². The van der Waals surface area contributed by atoms with Crippen LogP contribution < -0.4 is 0 Å². The summed E-state index contributed by atoms with van der Waals surface area (Å²) in [4.78, 5) is -0.834. The van der Waals surface area contributed by atoms with E-state index in [9.17, 15) is 0 Å². The molecule has 0 aliphatic rings. The summed E-state index contributed by atoms with van der Waals surface area (Å²) in [6, 6.07) is 5.03. The first-order valence-corrected chi connectivity index (χ1v) is 6.59. The Balaban J connectivity index is 3.06. The highest BCUT2D eigenvalue weighted by Crippen LogP contribution is 2.44. The Morgan fingerprint density at radius 3 is 1.75 bits per heavy atom. The van der Waals surface area contributed by atoms with Gasteiger partial charge in [-0.15, -0.1) is 11.6 Å². The molecule has 1 aromatic rings. The molecule has 0 aromatic heterocycles. The molecule has 0 saturated heterocycles. The molecule has 0 fully saturated rings. The Kier molecular flexibility index (Phi) is 4.98. The van der Waals surface area contributed by atoms with Gasteiger partial charge in [0.25, 0.3) is 0 Å². The first-order chi connectivity index (χ1) is 7.10. The highest BCUT2D eigenvalue weighted by Gasteiger charge is 2.34. The van der Waals surface area contributed by atoms with Crippen molar-refractivity contribution in [3.8, 4) is 0 Å². The fourth-order valence-corrected chi connectivity index (χ4v) is 3.18. The fourth-order valence-electron chi connectivity index (χ4n) is 1.33. The van der Waals surface area contributed by atoms with Crippen molar-refractivity contribution in [2.75, 3.05) is 0 Å². The van der Waals surface area contributed by atoms with E-state index in [2.05, 4.69) is 0 Å². The second-order valence-corrected chi connectivity index (χ2v) is 7.87. The van der Waals surface area contributed by atoms with Gasteiger partial charge in [0, 0.05) is 16.5 Å². The van der Waals surface area contributed by atoms with Gasteiger partial charge in [-0.3, -0.25) is 0 Å². The SMILES string of the molecule is C[C@](Cl)(CC(Cl)(Cl)Cl)c1cc(Cl)cc(Cl)c1. The molecule has 0 bridgehead atoms. The van der Waals surface area contributed by atoms with E-state index < -0.39 is 8.67 Å². The van der Waals surface area contributed by atoms with E-state index in [4.69, 9.17) is 69.6 Å². The number of rotatable bonds is 2. The number of hydrogen-bond donors (Lipinski definition) is 0. The predicted molar refractivity (Wildman–Crippen MR) is 74.6 cm³/mol. The number of alkyl halides is 4. The monoisotopic (exact) mass is 338 g/mol. The normalized spacial score (nSPS) is 15.9. The molecule has 1 atom stereocenters. The molecule has 0 aliphatic heterocycles. The van der Waals surface area contributed by atoms with E-state index >= 15 is 0 Å². The summed E-state index contributed by atoms with van der Waals surface area (Å²) in [6.45, 7) is 1.75. The average Bonchev–Trinajstić information content (AvgIpc) is 1.96. The lowest BCUT2D eigenvalue weighted by atomic mass is 9.97. The van der Waals surface area contributed by atoms with Crippen molar-refractivity contribution in [3.63, 3.8) is 0 Å². The summed E-state index contributed by atoms with van der Waals surface area (Å²) < 4.78 is -1.43. The summed E-state index contributed by atoms with van der Waals surface area (Å²) in [5.74, 6) is 0. The predicted octanol–water partition coefficient (Wildman–Crippen LogP) is 6.21. The Hall–Kier alpha value is 0.960. The summed E-state index contributed by atoms with van der Waals surface area (Å²) >= 11 is 35.3. The largest absolute Gasteiger partial charge is 0.192 e. The van der Waals surface area contributed by atoms with Gasteiger partial charge in [0.2, 0.25) is 0 Å². The summed E-state index contributed by atoms with van der Waals surface area (Å²) in [6.07, 6.45) is 0.156. The van der Waals surface area contributed by atoms with Gasteiger partial charge in [0.15, 0.2) is 3.79 Å². The minimum Gasteiger partial charge on any atom is -0.114 e. The van der Waals surface area contributed by atoms with E-state index in [1.165, 1.54) is 0 Å². The third-order valence-electron chi connectivity index (χ3n) is 2.00. The van der Waals surface area contributed by atoms with Crippen LogP contribution in [0.15, 0.2) is 18.2 Å². The van der Waals surface area contributed by atoms with Crippen LogP contribution in [0, 0.1) is 0 Å². The van der Waals surface area contributed by atoms with Crippen molar-refractivity contribution < 1.29 is 0 Å². The van der Waals surface area contributed by atoms with Crippen LogP contribution in [0.25, 0.3) is 0 Å². The van der Waals surface area contributed by atoms with E-state index in [1.807, 2.05) is 0 Å². The maximum absolute atomic E-state index is 6.32. The lowest BCUT2D eigenvalue weighted by Gasteiger charge is -2.26. The Labute approximate surface area is 125 Å². The van der Waals surface area contributed by atoms with Crippen molar-refractivity contribution in [1.29, 1.82) is 0 Å². The van der Waals surface area contributed by atoms with Gasteiger partial charge in [0.05, 0.1) is 4.87 Å². The number of hydrogen-bond acceptors (Lipinski definition) is 0. The molecular weight excluding hydrogens is 333 g/mol. The molecule has 6 heteroatoms. The summed E-state index contributed by atoms with van der Waals surface area (Å²) in [5.41, 5.74) is 0.720. The highest BCUT2D eigenvalue weighted by atomic mass is 35.6. The second-order valence-electron chi connectivity index (χ2n) is 3.65. The minimum atomic E-state index is -1.43. The van der Waals surface area contributed by atoms with E-state index in [0.29, 0.717) is 10.0 Å². The minimum absolute atomic E-state index is 0.156. The number of benzene rings is 1. The van der Waals surface area contributed by atoms with Crippen molar-refractivity contribution in [2.24, 2.45) is 0 Å². The first kappa shape index (κ1) is 15.0. The molecule has 90 valence electrons. The first-order valence-electron chi connectivity index (χ1n) is 4.32. The average molecular weight is 341 g/mol. The second kappa shape index (κ2) is 5.30. The van der Waals surface area contributed by atoms with E-state index in [-0.39, 0.29) is 6.42 Å². The van der Waals surface area contributed by atoms with Crippen LogP contribution in [-0.4, -0.2) is 3.79 Å². The molecule has 0 unspecified atom stereocenters. The highest BCUT2D eigenvalue weighted by molar-refractivity contribution is 6.67. The fraction of sp³-hybridized carbons (Fsp3) is 0.400. The Morgan fingerprint density at radius 1 is 0.938 bits per heavy atom. The lowest BCUT2D eigenvalue weighted by Crippen LogP contribution is -2.21. The van der Waals surface area contributed by atoms with Gasteiger partial charge in [-0.05, 0) is 30.7 Å². The summed E-state index contributed by atoms with van der Waals surface area (Å²) in [5, 5.41) is 0.998. The van der Waals surface area contributed by atoms with Gasteiger partial charge in [-0.2, -0.15) is 0 Å². The molecule has 0 aliphatic carbocycles. The van der Waals surface area contributed by atoms with Gasteiger partial charge < -0.3 is 0 Å². The van der Waals surface area contributed by atoms with Crippen LogP contribution in [0.4, 0.5) is 0 Å². The van der Waals surface area contributed by atoms with Gasteiger partial charge in [0.1, 0.15) is 0 Å². The lowest BCUT2D eigenvalue weighted by molar-refractivity contribution is 0.619. The third-order valence-corrected chi connectivity index (χ3v) is 3.19. The molecular formula is C10H8Cl6. The van der Waals surface area contributed by atoms with Crippen molar-refractivity contribution in [2.45, 2.75) is 22.0 Å².